The van der Waals surface area contributed by atoms with Gasteiger partial charge in [0.05, 0.1) is 5.02 Å². The van der Waals surface area contributed by atoms with Crippen LogP contribution in [0.4, 0.5) is 5.69 Å². The van der Waals surface area contributed by atoms with Crippen molar-refractivity contribution >= 4 is 17.3 Å². The van der Waals surface area contributed by atoms with Gasteiger partial charge in [-0.2, -0.15) is 0 Å². The van der Waals surface area contributed by atoms with Crippen molar-refractivity contribution in [2.75, 3.05) is 5.73 Å². The zero-order valence-electron chi connectivity index (χ0n) is 11.4. The third-order valence-corrected chi connectivity index (χ3v) is 3.35. The van der Waals surface area contributed by atoms with Crippen molar-refractivity contribution in [1.82, 2.24) is 0 Å². The number of hydrogen-bond acceptors (Lipinski definition) is 2. The average molecular weight is 276 g/mol. The Labute approximate surface area is 119 Å². The van der Waals surface area contributed by atoms with Gasteiger partial charge in [-0.3, -0.25) is 0 Å². The maximum atomic E-state index is 6.13. The normalized spacial score (nSPS) is 10.8. The van der Waals surface area contributed by atoms with Crippen LogP contribution in [-0.2, 0) is 0 Å². The van der Waals surface area contributed by atoms with E-state index in [-0.39, 0.29) is 0 Å². The molecule has 0 saturated carbocycles. The Morgan fingerprint density at radius 1 is 1.05 bits per heavy atom. The van der Waals surface area contributed by atoms with E-state index in [9.17, 15) is 0 Å². The van der Waals surface area contributed by atoms with Crippen LogP contribution in [0.2, 0.25) is 5.02 Å². The Morgan fingerprint density at radius 2 is 1.79 bits per heavy atom. The predicted octanol–water partition coefficient (Wildman–Crippen LogP) is 5.15. The second kappa shape index (κ2) is 5.54. The van der Waals surface area contributed by atoms with Gasteiger partial charge < -0.3 is 10.5 Å². The summed E-state index contributed by atoms with van der Waals surface area (Å²) in [4.78, 5) is 0. The second-order valence-electron chi connectivity index (χ2n) is 4.97. The summed E-state index contributed by atoms with van der Waals surface area (Å²) in [5.74, 6) is 1.92. The van der Waals surface area contributed by atoms with Crippen LogP contribution in [0.25, 0.3) is 0 Å². The predicted molar refractivity (Wildman–Crippen MR) is 81.2 cm³/mol. The van der Waals surface area contributed by atoms with E-state index in [1.165, 1.54) is 5.56 Å². The van der Waals surface area contributed by atoms with Crippen LogP contribution in [0.15, 0.2) is 36.4 Å². The maximum Gasteiger partial charge on any atom is 0.146 e. The molecule has 0 spiro atoms. The minimum atomic E-state index is 0.463. The molecular formula is C16H18ClNO. The summed E-state index contributed by atoms with van der Waals surface area (Å²) in [5, 5.41) is 0.523. The van der Waals surface area contributed by atoms with Crippen LogP contribution in [0.3, 0.4) is 0 Å². The molecule has 0 aromatic heterocycles. The topological polar surface area (TPSA) is 35.2 Å². The minimum absolute atomic E-state index is 0.463. The van der Waals surface area contributed by atoms with Crippen LogP contribution in [0.5, 0.6) is 11.5 Å². The number of nitrogens with two attached hydrogens (primary N) is 1. The lowest BCUT2D eigenvalue weighted by Crippen LogP contribution is -1.93. The van der Waals surface area contributed by atoms with Crippen LogP contribution in [0.1, 0.15) is 30.9 Å². The summed E-state index contributed by atoms with van der Waals surface area (Å²) < 4.78 is 5.90. The van der Waals surface area contributed by atoms with Gasteiger partial charge in [0, 0.05) is 5.69 Å². The van der Waals surface area contributed by atoms with E-state index in [1.54, 1.807) is 18.2 Å². The van der Waals surface area contributed by atoms with Crippen molar-refractivity contribution in [1.29, 1.82) is 0 Å². The van der Waals surface area contributed by atoms with Crippen molar-refractivity contribution < 1.29 is 4.74 Å². The Kier molecular flexibility index (Phi) is 4.01. The van der Waals surface area contributed by atoms with Crippen molar-refractivity contribution in [3.05, 3.63) is 52.5 Å². The Morgan fingerprint density at radius 3 is 2.42 bits per heavy atom. The number of aryl methyl sites for hydroxylation is 1. The van der Waals surface area contributed by atoms with Gasteiger partial charge in [-0.15, -0.1) is 0 Å². The molecule has 0 aliphatic carbocycles. The first-order valence-electron chi connectivity index (χ1n) is 6.31. The van der Waals surface area contributed by atoms with Crippen molar-refractivity contribution in [3.8, 4) is 11.5 Å². The van der Waals surface area contributed by atoms with Crippen LogP contribution >= 0.6 is 11.6 Å². The molecule has 0 radical (unpaired) electrons. The Balaban J connectivity index is 2.34. The van der Waals surface area contributed by atoms with Crippen molar-refractivity contribution in [3.63, 3.8) is 0 Å². The third kappa shape index (κ3) is 3.21. The standard InChI is InChI=1S/C16H18ClNO/c1-10(2)12-5-4-11(3)16(8-12)19-15-7-6-13(18)9-14(15)17/h4-10H,18H2,1-3H3. The Bertz CT molecular complexity index is 593. The summed E-state index contributed by atoms with van der Waals surface area (Å²) in [7, 11) is 0. The number of rotatable bonds is 3. The SMILES string of the molecule is Cc1ccc(C(C)C)cc1Oc1ccc(N)cc1Cl. The number of hydrogen-bond donors (Lipinski definition) is 1. The first kappa shape index (κ1) is 13.8. The molecule has 2 rings (SSSR count). The van der Waals surface area contributed by atoms with Gasteiger partial charge in [-0.05, 0) is 48.2 Å². The van der Waals surface area contributed by atoms with Gasteiger partial charge in [0.1, 0.15) is 11.5 Å². The van der Waals surface area contributed by atoms with Gasteiger partial charge in [0.25, 0.3) is 0 Å². The lowest BCUT2D eigenvalue weighted by atomic mass is 10.0. The molecule has 2 aromatic carbocycles. The molecule has 2 nitrogen and oxygen atoms in total. The van der Waals surface area contributed by atoms with E-state index in [2.05, 4.69) is 32.0 Å². The largest absolute Gasteiger partial charge is 0.456 e. The summed E-state index contributed by atoms with van der Waals surface area (Å²) in [6.07, 6.45) is 0. The number of anilines is 1. The highest BCUT2D eigenvalue weighted by Crippen LogP contribution is 2.33. The van der Waals surface area contributed by atoms with E-state index in [1.807, 2.05) is 6.92 Å². The van der Waals surface area contributed by atoms with Crippen LogP contribution in [-0.4, -0.2) is 0 Å². The molecular weight excluding hydrogens is 258 g/mol. The molecule has 0 heterocycles. The summed E-state index contributed by atoms with van der Waals surface area (Å²) in [6, 6.07) is 11.5. The number of nitrogen functional groups attached to an aromatic ring is 1. The Hall–Kier alpha value is -1.67. The molecule has 0 saturated heterocycles. The van der Waals surface area contributed by atoms with E-state index in [4.69, 9.17) is 22.1 Å². The highest BCUT2D eigenvalue weighted by Gasteiger charge is 2.08. The lowest BCUT2D eigenvalue weighted by molar-refractivity contribution is 0.478. The van der Waals surface area contributed by atoms with Gasteiger partial charge in [0.15, 0.2) is 0 Å². The number of ether oxygens (including phenoxy) is 1. The van der Waals surface area contributed by atoms with Gasteiger partial charge in [0.2, 0.25) is 0 Å². The minimum Gasteiger partial charge on any atom is -0.456 e. The third-order valence-electron chi connectivity index (χ3n) is 3.05. The zero-order chi connectivity index (χ0) is 14.0. The smallest absolute Gasteiger partial charge is 0.146 e. The first-order chi connectivity index (χ1) is 8.97. The summed E-state index contributed by atoms with van der Waals surface area (Å²) >= 11 is 6.13. The van der Waals surface area contributed by atoms with Gasteiger partial charge in [-0.1, -0.05) is 37.6 Å². The molecule has 0 atom stereocenters. The van der Waals surface area contributed by atoms with Crippen molar-refractivity contribution in [2.45, 2.75) is 26.7 Å². The maximum absolute atomic E-state index is 6.13. The molecule has 19 heavy (non-hydrogen) atoms. The quantitative estimate of drug-likeness (QED) is 0.787. The van der Waals surface area contributed by atoms with Crippen LogP contribution < -0.4 is 10.5 Å². The van der Waals surface area contributed by atoms with Gasteiger partial charge >= 0.3 is 0 Å². The molecule has 3 heteroatoms. The van der Waals surface area contributed by atoms with E-state index >= 15 is 0 Å². The number of benzene rings is 2. The van der Waals surface area contributed by atoms with Gasteiger partial charge in [-0.25, -0.2) is 0 Å². The second-order valence-corrected chi connectivity index (χ2v) is 5.38. The molecule has 0 aliphatic rings. The molecule has 2 N–H and O–H groups in total. The monoisotopic (exact) mass is 275 g/mol. The molecule has 100 valence electrons. The molecule has 0 unspecified atom stereocenters. The molecule has 0 bridgehead atoms. The fraction of sp³-hybridized carbons (Fsp3) is 0.250. The fourth-order valence-corrected chi connectivity index (χ4v) is 2.03. The first-order valence-corrected chi connectivity index (χ1v) is 6.68. The fourth-order valence-electron chi connectivity index (χ4n) is 1.80. The highest BCUT2D eigenvalue weighted by atomic mass is 35.5. The molecule has 0 fully saturated rings. The molecule has 0 aliphatic heterocycles. The van der Waals surface area contributed by atoms with E-state index in [0.717, 1.165) is 11.3 Å². The zero-order valence-corrected chi connectivity index (χ0v) is 12.2. The summed E-state index contributed by atoms with van der Waals surface area (Å²) in [6.45, 7) is 6.33. The van der Waals surface area contributed by atoms with Crippen LogP contribution in [0, 0.1) is 6.92 Å². The van der Waals surface area contributed by atoms with E-state index < -0.39 is 0 Å². The summed E-state index contributed by atoms with van der Waals surface area (Å²) in [5.41, 5.74) is 8.63. The highest BCUT2D eigenvalue weighted by molar-refractivity contribution is 6.32. The number of halogens is 1. The van der Waals surface area contributed by atoms with E-state index in [0.29, 0.717) is 22.4 Å². The van der Waals surface area contributed by atoms with Crippen molar-refractivity contribution in [2.24, 2.45) is 0 Å². The molecule has 0 amide bonds. The lowest BCUT2D eigenvalue weighted by Gasteiger charge is -2.13. The molecule has 2 aromatic rings. The average Bonchev–Trinajstić information content (AvgIpc) is 2.34.